The second-order valence-electron chi connectivity index (χ2n) is 1.95. The molecule has 1 aromatic rings. The zero-order valence-corrected chi connectivity index (χ0v) is 5.74. The second kappa shape index (κ2) is 3.24. The number of nitrogens with two attached hydrogens (primary N) is 1. The van der Waals surface area contributed by atoms with Crippen molar-refractivity contribution >= 4 is 0 Å². The first-order valence-corrected chi connectivity index (χ1v) is 2.92. The third-order valence-corrected chi connectivity index (χ3v) is 1.08. The Morgan fingerprint density at radius 2 is 2.10 bits per heavy atom. The van der Waals surface area contributed by atoms with E-state index >= 15 is 0 Å². The molecule has 1 rings (SSSR count). The lowest BCUT2D eigenvalue weighted by atomic mass is 10.4. The van der Waals surface area contributed by atoms with Crippen LogP contribution in [0.2, 0.25) is 0 Å². The van der Waals surface area contributed by atoms with Crippen LogP contribution in [0.15, 0.2) is 12.4 Å². The van der Waals surface area contributed by atoms with Gasteiger partial charge in [0.25, 0.3) is 0 Å². The summed E-state index contributed by atoms with van der Waals surface area (Å²) in [4.78, 5) is 12.3. The Morgan fingerprint density at radius 1 is 1.50 bits per heavy atom. The van der Waals surface area contributed by atoms with Crippen LogP contribution in [0, 0.1) is 6.92 Å². The van der Waals surface area contributed by atoms with Crippen molar-refractivity contribution in [3.05, 3.63) is 23.8 Å². The molecule has 0 fully saturated rings. The van der Waals surface area contributed by atoms with E-state index in [0.717, 1.165) is 11.4 Å². The fraction of sp³-hybridized carbons (Fsp3) is 0.333. The molecule has 4 nitrogen and oxygen atoms in total. The molecular weight excluding hydrogens is 130 g/mol. The van der Waals surface area contributed by atoms with Crippen LogP contribution in [-0.2, 0) is 11.4 Å². The normalized spacial score (nSPS) is 9.80. The van der Waals surface area contributed by atoms with E-state index in [2.05, 4.69) is 14.8 Å². The summed E-state index contributed by atoms with van der Waals surface area (Å²) in [6.07, 6.45) is 3.38. The third kappa shape index (κ3) is 1.75. The largest absolute Gasteiger partial charge is 0.300 e. The SMILES string of the molecule is Cc1ncc(CON)cn1. The van der Waals surface area contributed by atoms with Crippen molar-refractivity contribution in [1.82, 2.24) is 9.97 Å². The van der Waals surface area contributed by atoms with Gasteiger partial charge in [0, 0.05) is 18.0 Å². The Balaban J connectivity index is 2.69. The molecule has 1 heterocycles. The van der Waals surface area contributed by atoms with Crippen molar-refractivity contribution in [2.75, 3.05) is 0 Å². The Labute approximate surface area is 59.0 Å². The molecule has 0 saturated heterocycles. The van der Waals surface area contributed by atoms with Crippen LogP contribution in [0.5, 0.6) is 0 Å². The van der Waals surface area contributed by atoms with Gasteiger partial charge in [0.1, 0.15) is 5.82 Å². The minimum atomic E-state index is 0.361. The predicted octanol–water partition coefficient (Wildman–Crippen LogP) is 0.175. The average Bonchev–Trinajstić information content (AvgIpc) is 1.95. The van der Waals surface area contributed by atoms with Gasteiger partial charge in [-0.25, -0.2) is 15.9 Å². The molecule has 0 saturated carbocycles. The summed E-state index contributed by atoms with van der Waals surface area (Å²) in [5.41, 5.74) is 0.883. The van der Waals surface area contributed by atoms with Crippen LogP contribution in [0.4, 0.5) is 0 Å². The quantitative estimate of drug-likeness (QED) is 0.593. The number of rotatable bonds is 2. The number of aromatic nitrogens is 2. The molecule has 4 heteroatoms. The highest BCUT2D eigenvalue weighted by atomic mass is 16.6. The van der Waals surface area contributed by atoms with Crippen LogP contribution < -0.4 is 5.90 Å². The van der Waals surface area contributed by atoms with E-state index in [9.17, 15) is 0 Å². The minimum Gasteiger partial charge on any atom is -0.300 e. The molecule has 0 aliphatic rings. The highest BCUT2D eigenvalue weighted by Gasteiger charge is 1.91. The van der Waals surface area contributed by atoms with Gasteiger partial charge in [-0.2, -0.15) is 0 Å². The standard InChI is InChI=1S/C6H9N3O/c1-5-8-2-6(3-9-5)4-10-7/h2-3H,4,7H2,1H3. The Kier molecular flexibility index (Phi) is 2.30. The Morgan fingerprint density at radius 3 is 2.60 bits per heavy atom. The summed E-state index contributed by atoms with van der Waals surface area (Å²) < 4.78 is 0. The summed E-state index contributed by atoms with van der Waals surface area (Å²) in [6, 6.07) is 0. The van der Waals surface area contributed by atoms with Crippen LogP contribution in [-0.4, -0.2) is 9.97 Å². The molecule has 0 aromatic carbocycles. The van der Waals surface area contributed by atoms with Gasteiger partial charge in [-0.15, -0.1) is 0 Å². The Hall–Kier alpha value is -1.00. The first kappa shape index (κ1) is 7.11. The molecule has 54 valence electrons. The number of hydrogen-bond acceptors (Lipinski definition) is 4. The fourth-order valence-electron chi connectivity index (χ4n) is 0.590. The van der Waals surface area contributed by atoms with E-state index in [1.54, 1.807) is 12.4 Å². The van der Waals surface area contributed by atoms with Crippen LogP contribution in [0.3, 0.4) is 0 Å². The van der Waals surface area contributed by atoms with Gasteiger partial charge < -0.3 is 0 Å². The van der Waals surface area contributed by atoms with E-state index in [0.29, 0.717) is 6.61 Å². The van der Waals surface area contributed by atoms with Gasteiger partial charge >= 0.3 is 0 Å². The molecule has 0 amide bonds. The van der Waals surface area contributed by atoms with E-state index in [4.69, 9.17) is 5.90 Å². The maximum absolute atomic E-state index is 4.84. The summed E-state index contributed by atoms with van der Waals surface area (Å²) >= 11 is 0. The maximum atomic E-state index is 4.84. The molecule has 0 aliphatic carbocycles. The summed E-state index contributed by atoms with van der Waals surface area (Å²) in [6.45, 7) is 2.19. The van der Waals surface area contributed by atoms with Crippen molar-refractivity contribution in [3.63, 3.8) is 0 Å². The van der Waals surface area contributed by atoms with Gasteiger partial charge in [-0.1, -0.05) is 0 Å². The van der Waals surface area contributed by atoms with Crippen molar-refractivity contribution < 1.29 is 4.84 Å². The van der Waals surface area contributed by atoms with Gasteiger partial charge in [-0.3, -0.25) is 4.84 Å². The fourth-order valence-corrected chi connectivity index (χ4v) is 0.590. The zero-order chi connectivity index (χ0) is 7.40. The lowest BCUT2D eigenvalue weighted by Gasteiger charge is -1.96. The topological polar surface area (TPSA) is 61.0 Å². The number of nitrogens with zero attached hydrogens (tertiary/aromatic N) is 2. The molecule has 10 heavy (non-hydrogen) atoms. The predicted molar refractivity (Wildman–Crippen MR) is 35.7 cm³/mol. The molecule has 0 atom stereocenters. The molecule has 0 spiro atoms. The molecule has 0 unspecified atom stereocenters. The maximum Gasteiger partial charge on any atom is 0.125 e. The van der Waals surface area contributed by atoms with Crippen LogP contribution in [0.1, 0.15) is 11.4 Å². The van der Waals surface area contributed by atoms with Crippen molar-refractivity contribution in [2.45, 2.75) is 13.5 Å². The van der Waals surface area contributed by atoms with Crippen molar-refractivity contribution in [2.24, 2.45) is 5.90 Å². The monoisotopic (exact) mass is 139 g/mol. The second-order valence-corrected chi connectivity index (χ2v) is 1.95. The van der Waals surface area contributed by atoms with E-state index in [-0.39, 0.29) is 0 Å². The van der Waals surface area contributed by atoms with E-state index < -0.39 is 0 Å². The first-order chi connectivity index (χ1) is 4.83. The minimum absolute atomic E-state index is 0.361. The van der Waals surface area contributed by atoms with E-state index in [1.165, 1.54) is 0 Å². The summed E-state index contributed by atoms with van der Waals surface area (Å²) in [5, 5.41) is 0. The van der Waals surface area contributed by atoms with Crippen LogP contribution in [0.25, 0.3) is 0 Å². The highest BCUT2D eigenvalue weighted by Crippen LogP contribution is 1.94. The molecule has 0 bridgehead atoms. The highest BCUT2D eigenvalue weighted by molar-refractivity contribution is 5.02. The van der Waals surface area contributed by atoms with Gasteiger partial charge in [0.2, 0.25) is 0 Å². The molecule has 0 radical (unpaired) electrons. The molecular formula is C6H9N3O. The van der Waals surface area contributed by atoms with Crippen molar-refractivity contribution in [3.8, 4) is 0 Å². The average molecular weight is 139 g/mol. The first-order valence-electron chi connectivity index (χ1n) is 2.92. The van der Waals surface area contributed by atoms with Crippen molar-refractivity contribution in [1.29, 1.82) is 0 Å². The lowest BCUT2D eigenvalue weighted by molar-refractivity contribution is 0.123. The Bertz CT molecular complexity index is 197. The zero-order valence-electron chi connectivity index (χ0n) is 5.74. The molecule has 0 aliphatic heterocycles. The smallest absolute Gasteiger partial charge is 0.125 e. The lowest BCUT2D eigenvalue weighted by Crippen LogP contribution is -2.00. The van der Waals surface area contributed by atoms with Gasteiger partial charge in [-0.05, 0) is 6.92 Å². The summed E-state index contributed by atoms with van der Waals surface area (Å²) in [5.74, 6) is 5.59. The number of hydrogen-bond donors (Lipinski definition) is 1. The van der Waals surface area contributed by atoms with Crippen LogP contribution >= 0.6 is 0 Å². The van der Waals surface area contributed by atoms with Gasteiger partial charge in [0.05, 0.1) is 6.61 Å². The van der Waals surface area contributed by atoms with Gasteiger partial charge in [0.15, 0.2) is 0 Å². The number of aryl methyl sites for hydroxylation is 1. The third-order valence-electron chi connectivity index (χ3n) is 1.08. The summed E-state index contributed by atoms with van der Waals surface area (Å²) in [7, 11) is 0. The molecule has 2 N–H and O–H groups in total. The van der Waals surface area contributed by atoms with E-state index in [1.807, 2.05) is 6.92 Å². The molecule has 1 aromatic heterocycles.